The van der Waals surface area contributed by atoms with Gasteiger partial charge >= 0.3 is 5.97 Å². The Balaban J connectivity index is 1.83. The number of ether oxygens (including phenoxy) is 2. The molecule has 0 fully saturated rings. The van der Waals surface area contributed by atoms with E-state index in [-0.39, 0.29) is 0 Å². The highest BCUT2D eigenvalue weighted by molar-refractivity contribution is 6.31. The fourth-order valence-corrected chi connectivity index (χ4v) is 2.23. The highest BCUT2D eigenvalue weighted by Gasteiger charge is 2.18. The Morgan fingerprint density at radius 1 is 1.08 bits per heavy atom. The van der Waals surface area contributed by atoms with Crippen molar-refractivity contribution in [1.29, 1.82) is 0 Å². The van der Waals surface area contributed by atoms with Gasteiger partial charge in [-0.25, -0.2) is 4.79 Å². The average molecular weight is 382 g/mol. The summed E-state index contributed by atoms with van der Waals surface area (Å²) in [5.74, 6) is -0.627. The number of hydrogen-bond donors (Lipinski definition) is 1. The molecule has 1 N–H and O–H groups in total. The van der Waals surface area contributed by atoms with Crippen LogP contribution in [0.5, 0.6) is 5.75 Å². The van der Waals surface area contributed by atoms with Crippen LogP contribution in [0.2, 0.25) is 10.0 Å². The summed E-state index contributed by atoms with van der Waals surface area (Å²) in [4.78, 5) is 23.8. The van der Waals surface area contributed by atoms with Crippen molar-refractivity contribution < 1.29 is 19.1 Å². The maximum absolute atomic E-state index is 11.9. The van der Waals surface area contributed by atoms with Crippen molar-refractivity contribution in [2.24, 2.45) is 0 Å². The van der Waals surface area contributed by atoms with Crippen molar-refractivity contribution in [2.45, 2.75) is 20.0 Å². The van der Waals surface area contributed by atoms with E-state index < -0.39 is 24.6 Å². The molecule has 1 amide bonds. The molecule has 132 valence electrons. The minimum absolute atomic E-state index is 0.418. The molecule has 0 heterocycles. The Kier molecular flexibility index (Phi) is 6.67. The fourth-order valence-electron chi connectivity index (χ4n) is 1.93. The summed E-state index contributed by atoms with van der Waals surface area (Å²) in [6, 6.07) is 11.7. The monoisotopic (exact) mass is 381 g/mol. The Bertz CT molecular complexity index is 762. The standard InChI is InChI=1S/C18H17Cl2NO4/c1-11-3-4-14(20)9-16(11)21-17(22)10-24-18(23)12(2)25-15-7-5-13(19)6-8-15/h3-9,12H,10H2,1-2H3,(H,21,22)/t12-/m0/s1. The summed E-state index contributed by atoms with van der Waals surface area (Å²) >= 11 is 11.7. The third kappa shape index (κ3) is 5.96. The van der Waals surface area contributed by atoms with Crippen LogP contribution in [0.3, 0.4) is 0 Å². The zero-order chi connectivity index (χ0) is 18.4. The van der Waals surface area contributed by atoms with Gasteiger partial charge in [-0.05, 0) is 55.8 Å². The summed E-state index contributed by atoms with van der Waals surface area (Å²) in [5, 5.41) is 3.71. The number of carbonyl (C=O) groups excluding carboxylic acids is 2. The number of carbonyl (C=O) groups is 2. The molecule has 0 spiro atoms. The average Bonchev–Trinajstić information content (AvgIpc) is 2.58. The molecule has 1 atom stereocenters. The summed E-state index contributed by atoms with van der Waals surface area (Å²) in [7, 11) is 0. The molecule has 0 aliphatic carbocycles. The van der Waals surface area contributed by atoms with Gasteiger partial charge in [0.1, 0.15) is 5.75 Å². The van der Waals surface area contributed by atoms with Crippen LogP contribution in [0.1, 0.15) is 12.5 Å². The highest BCUT2D eigenvalue weighted by Crippen LogP contribution is 2.20. The normalized spacial score (nSPS) is 11.5. The number of esters is 1. The molecule has 7 heteroatoms. The molecule has 0 bridgehead atoms. The van der Waals surface area contributed by atoms with Crippen molar-refractivity contribution in [3.63, 3.8) is 0 Å². The van der Waals surface area contributed by atoms with Gasteiger partial charge in [-0.1, -0.05) is 29.3 Å². The molecule has 2 rings (SSSR count). The van der Waals surface area contributed by atoms with Crippen molar-refractivity contribution in [2.75, 3.05) is 11.9 Å². The summed E-state index contributed by atoms with van der Waals surface area (Å²) in [5.41, 5.74) is 1.42. The van der Waals surface area contributed by atoms with E-state index in [1.54, 1.807) is 42.5 Å². The minimum Gasteiger partial charge on any atom is -0.479 e. The number of aryl methyl sites for hydroxylation is 1. The van der Waals surface area contributed by atoms with Gasteiger partial charge in [0.2, 0.25) is 0 Å². The van der Waals surface area contributed by atoms with Gasteiger partial charge < -0.3 is 14.8 Å². The summed E-state index contributed by atoms with van der Waals surface area (Å²) in [6.07, 6.45) is -0.859. The van der Waals surface area contributed by atoms with Gasteiger partial charge in [0.05, 0.1) is 0 Å². The van der Waals surface area contributed by atoms with Crippen LogP contribution in [0.4, 0.5) is 5.69 Å². The van der Waals surface area contributed by atoms with Crippen LogP contribution in [0.15, 0.2) is 42.5 Å². The smallest absolute Gasteiger partial charge is 0.347 e. The van der Waals surface area contributed by atoms with E-state index >= 15 is 0 Å². The highest BCUT2D eigenvalue weighted by atomic mass is 35.5. The van der Waals surface area contributed by atoms with Crippen LogP contribution < -0.4 is 10.1 Å². The van der Waals surface area contributed by atoms with E-state index in [4.69, 9.17) is 32.7 Å². The van der Waals surface area contributed by atoms with Crippen molar-refractivity contribution >= 4 is 40.8 Å². The molecule has 0 saturated carbocycles. The molecular weight excluding hydrogens is 365 g/mol. The molecule has 2 aromatic rings. The molecule has 0 radical (unpaired) electrons. The lowest BCUT2D eigenvalue weighted by Gasteiger charge is -2.14. The molecule has 25 heavy (non-hydrogen) atoms. The van der Waals surface area contributed by atoms with Gasteiger partial charge in [-0.2, -0.15) is 0 Å². The molecule has 2 aromatic carbocycles. The number of benzene rings is 2. The quantitative estimate of drug-likeness (QED) is 0.759. The van der Waals surface area contributed by atoms with Crippen LogP contribution in [0.25, 0.3) is 0 Å². The molecule has 5 nitrogen and oxygen atoms in total. The second-order valence-corrected chi connectivity index (χ2v) is 6.20. The third-order valence-corrected chi connectivity index (χ3v) is 3.76. The number of amides is 1. The van der Waals surface area contributed by atoms with Gasteiger partial charge in [0.25, 0.3) is 5.91 Å². The van der Waals surface area contributed by atoms with Crippen LogP contribution in [-0.2, 0) is 14.3 Å². The predicted molar refractivity (Wildman–Crippen MR) is 97.3 cm³/mol. The largest absolute Gasteiger partial charge is 0.479 e. The second-order valence-electron chi connectivity index (χ2n) is 5.33. The van der Waals surface area contributed by atoms with Crippen molar-refractivity contribution in [1.82, 2.24) is 0 Å². The Hall–Kier alpha value is -2.24. The van der Waals surface area contributed by atoms with E-state index in [9.17, 15) is 9.59 Å². The summed E-state index contributed by atoms with van der Waals surface area (Å²) < 4.78 is 10.4. The number of anilines is 1. The number of rotatable bonds is 6. The van der Waals surface area contributed by atoms with E-state index in [0.717, 1.165) is 5.56 Å². The lowest BCUT2D eigenvalue weighted by molar-refractivity contribution is -0.153. The molecule has 0 aromatic heterocycles. The van der Waals surface area contributed by atoms with Gasteiger partial charge in [-0.3, -0.25) is 4.79 Å². The molecule has 0 unspecified atom stereocenters. The van der Waals surface area contributed by atoms with Crippen molar-refractivity contribution in [3.8, 4) is 5.75 Å². The van der Waals surface area contributed by atoms with Crippen molar-refractivity contribution in [3.05, 3.63) is 58.1 Å². The lowest BCUT2D eigenvalue weighted by atomic mass is 10.2. The Morgan fingerprint density at radius 2 is 1.72 bits per heavy atom. The zero-order valence-electron chi connectivity index (χ0n) is 13.7. The van der Waals surface area contributed by atoms with Crippen LogP contribution in [-0.4, -0.2) is 24.6 Å². The van der Waals surface area contributed by atoms with Crippen LogP contribution in [0, 0.1) is 6.92 Å². The summed E-state index contributed by atoms with van der Waals surface area (Å²) in [6.45, 7) is 2.95. The molecule has 0 saturated heterocycles. The van der Waals surface area contributed by atoms with E-state index in [1.807, 2.05) is 6.92 Å². The molecule has 0 aliphatic heterocycles. The van der Waals surface area contributed by atoms with Crippen LogP contribution >= 0.6 is 23.2 Å². The number of nitrogens with one attached hydrogen (secondary N) is 1. The maximum atomic E-state index is 11.9. The lowest BCUT2D eigenvalue weighted by Crippen LogP contribution is -2.29. The second kappa shape index (κ2) is 8.74. The Morgan fingerprint density at radius 3 is 2.40 bits per heavy atom. The van der Waals surface area contributed by atoms with Gasteiger partial charge in [0, 0.05) is 15.7 Å². The predicted octanol–water partition coefficient (Wildman–Crippen LogP) is 4.25. The van der Waals surface area contributed by atoms with E-state index in [0.29, 0.717) is 21.5 Å². The van der Waals surface area contributed by atoms with Gasteiger partial charge in [0.15, 0.2) is 12.7 Å². The minimum atomic E-state index is -0.859. The zero-order valence-corrected chi connectivity index (χ0v) is 15.2. The first-order chi connectivity index (χ1) is 11.8. The topological polar surface area (TPSA) is 64.6 Å². The molecule has 0 aliphatic rings. The molecular formula is C18H17Cl2NO4. The first-order valence-corrected chi connectivity index (χ1v) is 8.25. The van der Waals surface area contributed by atoms with E-state index in [2.05, 4.69) is 5.32 Å². The Labute approximate surface area is 155 Å². The van der Waals surface area contributed by atoms with Gasteiger partial charge in [-0.15, -0.1) is 0 Å². The fraction of sp³-hybridized carbons (Fsp3) is 0.222. The SMILES string of the molecule is Cc1ccc(Cl)cc1NC(=O)COC(=O)[C@H](C)Oc1ccc(Cl)cc1. The first-order valence-electron chi connectivity index (χ1n) is 7.50. The maximum Gasteiger partial charge on any atom is 0.347 e. The van der Waals surface area contributed by atoms with E-state index in [1.165, 1.54) is 6.92 Å². The number of hydrogen-bond acceptors (Lipinski definition) is 4. The first kappa shape index (κ1) is 19.1. The number of halogens is 2. The third-order valence-electron chi connectivity index (χ3n) is 3.28.